The zero-order valence-electron chi connectivity index (χ0n) is 13.8. The number of rotatable bonds is 3. The molecule has 0 radical (unpaired) electrons. The Bertz CT molecular complexity index is 749. The Balaban J connectivity index is 1.49. The lowest BCUT2D eigenvalue weighted by Crippen LogP contribution is -2.31. The van der Waals surface area contributed by atoms with Crippen LogP contribution in [0.15, 0.2) is 48.5 Å². The van der Waals surface area contributed by atoms with Gasteiger partial charge >= 0.3 is 6.09 Å². The van der Waals surface area contributed by atoms with Crippen molar-refractivity contribution in [3.05, 3.63) is 59.7 Å². The number of ether oxygens (including phenoxy) is 1. The average Bonchev–Trinajstić information content (AvgIpc) is 3.18. The van der Waals surface area contributed by atoms with E-state index in [-0.39, 0.29) is 32.2 Å². The molecule has 1 saturated heterocycles. The molecule has 2 aliphatic rings. The van der Waals surface area contributed by atoms with Gasteiger partial charge in [-0.2, -0.15) is 0 Å². The molecule has 5 heteroatoms. The van der Waals surface area contributed by atoms with Gasteiger partial charge in [-0.25, -0.2) is 9.18 Å². The van der Waals surface area contributed by atoms with Crippen LogP contribution >= 0.6 is 0 Å². The maximum atomic E-state index is 13.7. The molecule has 4 rings (SSSR count). The lowest BCUT2D eigenvalue weighted by molar-refractivity contribution is 0.104. The number of amides is 1. The molecular formula is C20H20FNO3. The van der Waals surface area contributed by atoms with Gasteiger partial charge in [0.1, 0.15) is 12.8 Å². The Hall–Kier alpha value is -2.40. The Morgan fingerprint density at radius 2 is 1.68 bits per heavy atom. The number of aliphatic hydroxyl groups is 1. The lowest BCUT2D eigenvalue weighted by Gasteiger charge is -2.19. The van der Waals surface area contributed by atoms with E-state index in [2.05, 4.69) is 24.3 Å². The van der Waals surface area contributed by atoms with Crippen LogP contribution in [0, 0.1) is 5.92 Å². The zero-order valence-corrected chi connectivity index (χ0v) is 13.8. The predicted molar refractivity (Wildman–Crippen MR) is 92.1 cm³/mol. The van der Waals surface area contributed by atoms with Crippen LogP contribution in [0.1, 0.15) is 17.0 Å². The van der Waals surface area contributed by atoms with E-state index in [1.807, 2.05) is 24.3 Å². The standard InChI is InChI=1S/C20H20FNO3/c21-19-10-22(9-13(19)11-23)20(24)25-12-18-16-7-3-1-5-14(16)15-6-2-4-8-17(15)18/h1-8,13,18-19,23H,9-12H2/t13-,19+/m0/s1. The van der Waals surface area contributed by atoms with Gasteiger partial charge in [-0.3, -0.25) is 0 Å². The summed E-state index contributed by atoms with van der Waals surface area (Å²) in [5.74, 6) is -0.519. The van der Waals surface area contributed by atoms with Crippen molar-refractivity contribution < 1.29 is 19.0 Å². The van der Waals surface area contributed by atoms with E-state index in [9.17, 15) is 9.18 Å². The minimum absolute atomic E-state index is 0.00577. The quantitative estimate of drug-likeness (QED) is 0.933. The fourth-order valence-electron chi connectivity index (χ4n) is 3.84. The second-order valence-corrected chi connectivity index (χ2v) is 6.67. The molecule has 2 atom stereocenters. The van der Waals surface area contributed by atoms with Crippen molar-refractivity contribution in [2.45, 2.75) is 12.1 Å². The van der Waals surface area contributed by atoms with Gasteiger partial charge in [-0.1, -0.05) is 48.5 Å². The Kier molecular flexibility index (Phi) is 4.17. The molecule has 130 valence electrons. The van der Waals surface area contributed by atoms with Crippen LogP contribution in [-0.2, 0) is 4.74 Å². The average molecular weight is 341 g/mol. The highest BCUT2D eigenvalue weighted by atomic mass is 19.1. The van der Waals surface area contributed by atoms with Crippen LogP contribution in [0.3, 0.4) is 0 Å². The van der Waals surface area contributed by atoms with E-state index in [0.29, 0.717) is 0 Å². The van der Waals surface area contributed by atoms with E-state index in [1.165, 1.54) is 16.0 Å². The van der Waals surface area contributed by atoms with Crippen molar-refractivity contribution in [3.63, 3.8) is 0 Å². The van der Waals surface area contributed by atoms with Gasteiger partial charge in [0, 0.05) is 18.4 Å². The number of likely N-dealkylation sites (tertiary alicyclic amines) is 1. The summed E-state index contributed by atoms with van der Waals surface area (Å²) in [4.78, 5) is 13.6. The van der Waals surface area contributed by atoms with Gasteiger partial charge in [-0.15, -0.1) is 0 Å². The van der Waals surface area contributed by atoms with Gasteiger partial charge < -0.3 is 14.7 Å². The number of aliphatic hydroxyl groups excluding tert-OH is 1. The SMILES string of the molecule is O=C(OCC1c2ccccc2-c2ccccc21)N1C[C@@H](CO)[C@H](F)C1. The first-order valence-corrected chi connectivity index (χ1v) is 8.54. The van der Waals surface area contributed by atoms with Gasteiger partial charge in [0.2, 0.25) is 0 Å². The van der Waals surface area contributed by atoms with Crippen molar-refractivity contribution in [1.29, 1.82) is 0 Å². The molecule has 25 heavy (non-hydrogen) atoms. The summed E-state index contributed by atoms with van der Waals surface area (Å²) >= 11 is 0. The molecule has 1 heterocycles. The number of nitrogens with zero attached hydrogens (tertiary/aromatic N) is 1. The molecule has 1 fully saturated rings. The second kappa shape index (κ2) is 6.48. The number of benzene rings is 2. The summed E-state index contributed by atoms with van der Waals surface area (Å²) in [5, 5.41) is 9.14. The number of hydrogen-bond donors (Lipinski definition) is 1. The van der Waals surface area contributed by atoms with E-state index in [0.717, 1.165) is 11.1 Å². The Morgan fingerprint density at radius 1 is 1.08 bits per heavy atom. The van der Waals surface area contributed by atoms with Gasteiger partial charge in [0.15, 0.2) is 0 Å². The third-order valence-corrected chi connectivity index (χ3v) is 5.19. The van der Waals surface area contributed by atoms with Crippen molar-refractivity contribution in [2.75, 3.05) is 26.3 Å². The van der Waals surface area contributed by atoms with E-state index in [4.69, 9.17) is 9.84 Å². The Morgan fingerprint density at radius 3 is 2.24 bits per heavy atom. The van der Waals surface area contributed by atoms with Crippen molar-refractivity contribution >= 4 is 6.09 Å². The molecule has 1 aliphatic carbocycles. The highest BCUT2D eigenvalue weighted by Gasteiger charge is 2.36. The third-order valence-electron chi connectivity index (χ3n) is 5.19. The molecule has 2 aromatic carbocycles. The molecule has 1 aliphatic heterocycles. The fourth-order valence-corrected chi connectivity index (χ4v) is 3.84. The number of hydrogen-bond acceptors (Lipinski definition) is 3. The molecule has 0 saturated carbocycles. The van der Waals surface area contributed by atoms with Crippen molar-refractivity contribution in [1.82, 2.24) is 4.90 Å². The molecule has 1 N–H and O–H groups in total. The first kappa shape index (κ1) is 16.1. The minimum Gasteiger partial charge on any atom is -0.448 e. The molecule has 0 spiro atoms. The molecule has 0 bridgehead atoms. The largest absolute Gasteiger partial charge is 0.448 e. The highest BCUT2D eigenvalue weighted by Crippen LogP contribution is 2.44. The minimum atomic E-state index is -1.19. The number of carbonyl (C=O) groups excluding carboxylic acids is 1. The molecule has 4 nitrogen and oxygen atoms in total. The van der Waals surface area contributed by atoms with Gasteiger partial charge in [-0.05, 0) is 22.3 Å². The molecule has 2 aromatic rings. The van der Waals surface area contributed by atoms with Crippen LogP contribution in [0.25, 0.3) is 11.1 Å². The summed E-state index contributed by atoms with van der Waals surface area (Å²) < 4.78 is 19.2. The summed E-state index contributed by atoms with van der Waals surface area (Å²) in [5.41, 5.74) is 4.64. The predicted octanol–water partition coefficient (Wildman–Crippen LogP) is 3.20. The zero-order chi connectivity index (χ0) is 17.4. The number of fused-ring (bicyclic) bond motifs is 3. The summed E-state index contributed by atoms with van der Waals surface area (Å²) in [6, 6.07) is 16.3. The topological polar surface area (TPSA) is 49.8 Å². The lowest BCUT2D eigenvalue weighted by atomic mass is 9.98. The third kappa shape index (κ3) is 2.78. The molecule has 1 amide bonds. The van der Waals surface area contributed by atoms with Crippen LogP contribution in [-0.4, -0.2) is 48.6 Å². The van der Waals surface area contributed by atoms with Crippen LogP contribution in [0.2, 0.25) is 0 Å². The van der Waals surface area contributed by atoms with Crippen LogP contribution < -0.4 is 0 Å². The summed E-state index contributed by atoms with van der Waals surface area (Å²) in [6.45, 7) is 0.161. The molecule has 0 aromatic heterocycles. The van der Waals surface area contributed by atoms with Crippen molar-refractivity contribution in [3.8, 4) is 11.1 Å². The van der Waals surface area contributed by atoms with Crippen LogP contribution in [0.5, 0.6) is 0 Å². The molecular weight excluding hydrogens is 321 g/mol. The maximum absolute atomic E-state index is 13.7. The van der Waals surface area contributed by atoms with Crippen LogP contribution in [0.4, 0.5) is 9.18 Å². The Labute approximate surface area is 145 Å². The van der Waals surface area contributed by atoms with Gasteiger partial charge in [0.05, 0.1) is 13.2 Å². The molecule has 0 unspecified atom stereocenters. The van der Waals surface area contributed by atoms with E-state index < -0.39 is 18.2 Å². The smallest absolute Gasteiger partial charge is 0.409 e. The monoisotopic (exact) mass is 341 g/mol. The summed E-state index contributed by atoms with van der Waals surface area (Å²) in [6.07, 6.45) is -1.70. The highest BCUT2D eigenvalue weighted by molar-refractivity contribution is 5.79. The number of halogens is 1. The van der Waals surface area contributed by atoms with E-state index in [1.54, 1.807) is 0 Å². The van der Waals surface area contributed by atoms with E-state index >= 15 is 0 Å². The van der Waals surface area contributed by atoms with Crippen molar-refractivity contribution in [2.24, 2.45) is 5.92 Å². The maximum Gasteiger partial charge on any atom is 0.409 e. The fraction of sp³-hybridized carbons (Fsp3) is 0.350. The summed E-state index contributed by atoms with van der Waals surface area (Å²) in [7, 11) is 0. The first-order valence-electron chi connectivity index (χ1n) is 8.54. The van der Waals surface area contributed by atoms with Gasteiger partial charge in [0.25, 0.3) is 0 Å². The number of alkyl halides is 1. The normalized spacial score (nSPS) is 21.9. The first-order chi connectivity index (χ1) is 12.2. The second-order valence-electron chi connectivity index (χ2n) is 6.67. The number of carbonyl (C=O) groups is 1.